The molecule has 1 N–H and O–H groups in total. The molecule has 14 aliphatic rings. The van der Waals surface area contributed by atoms with Crippen LogP contribution in [0.5, 0.6) is 0 Å². The number of aliphatic hydroxyl groups excluding tert-OH is 1. The largest absolute Gasteiger partial charge is 0.411 e. The first kappa shape index (κ1) is 70.7. The van der Waals surface area contributed by atoms with E-state index in [0.29, 0.717) is 25.7 Å². The van der Waals surface area contributed by atoms with Gasteiger partial charge in [0.25, 0.3) is 0 Å². The van der Waals surface area contributed by atoms with Crippen molar-refractivity contribution < 1.29 is 84.7 Å². The van der Waals surface area contributed by atoms with Gasteiger partial charge >= 0.3 is 0 Å². The van der Waals surface area contributed by atoms with Crippen LogP contribution in [0.25, 0.3) is 0 Å². The van der Waals surface area contributed by atoms with Gasteiger partial charge in [0.15, 0.2) is 25.0 Å². The van der Waals surface area contributed by atoms with Gasteiger partial charge in [-0.25, -0.2) is 0 Å². The Morgan fingerprint density at radius 1 is 0.372 bits per heavy atom. The second-order valence-electron chi connectivity index (χ2n) is 32.6. The van der Waals surface area contributed by atoms with Crippen molar-refractivity contribution in [3.63, 3.8) is 0 Å². The Morgan fingerprint density at radius 3 is 1.17 bits per heavy atom. The van der Waals surface area contributed by atoms with Crippen LogP contribution in [0.3, 0.4) is 0 Å². The van der Waals surface area contributed by atoms with Gasteiger partial charge in [-0.15, -0.1) is 0 Å². The van der Waals surface area contributed by atoms with Crippen LogP contribution in [0.2, 0.25) is 54.4 Å². The molecule has 14 aliphatic heterocycles. The lowest BCUT2D eigenvalue weighted by molar-refractivity contribution is -0.329. The molecule has 14 heterocycles. The molecule has 14 rings (SSSR count). The summed E-state index contributed by atoms with van der Waals surface area (Å²) in [4.78, 5) is 0. The fourth-order valence-corrected chi connectivity index (χ4v) is 29.5. The molecule has 14 fully saturated rings. The van der Waals surface area contributed by atoms with Crippen molar-refractivity contribution in [2.75, 3.05) is 6.61 Å². The summed E-state index contributed by atoms with van der Waals surface area (Å²) in [6.07, 6.45) is 12.3. The molecule has 0 saturated carbocycles. The first-order chi connectivity index (χ1) is 45.3. The van der Waals surface area contributed by atoms with Gasteiger partial charge in [0.1, 0.15) is 12.2 Å². The van der Waals surface area contributed by atoms with Gasteiger partial charge in [0.05, 0.1) is 183 Å². The van der Waals surface area contributed by atoms with Gasteiger partial charge in [-0.05, 0) is 114 Å². The molecule has 0 spiro atoms. The number of fused-ring (bicyclic) bond motifs is 13. The summed E-state index contributed by atoms with van der Waals surface area (Å²) in [5.41, 5.74) is -0.142. The van der Waals surface area contributed by atoms with Crippen molar-refractivity contribution in [3.8, 4) is 0 Å². The summed E-state index contributed by atoms with van der Waals surface area (Å²) in [6, 6.07) is 9.67. The van der Waals surface area contributed by atoms with E-state index in [1.807, 2.05) is 6.92 Å². The van der Waals surface area contributed by atoms with Crippen molar-refractivity contribution in [2.45, 2.75) is 442 Å². The summed E-state index contributed by atoms with van der Waals surface area (Å²) < 4.78 is 124. The lowest BCUT2D eigenvalue weighted by atomic mass is 9.80. The normalized spacial score (nSPS) is 49.4. The average molecular weight is 1370 g/mol. The van der Waals surface area contributed by atoms with Gasteiger partial charge in [0.2, 0.25) is 0 Å². The van der Waals surface area contributed by atoms with E-state index in [4.69, 9.17) is 79.6 Å². The Balaban J connectivity index is 0.633. The number of hydrogen-bond donors (Lipinski definition) is 1. The minimum absolute atomic E-state index is 0.00227. The van der Waals surface area contributed by atoms with Gasteiger partial charge in [-0.1, -0.05) is 74.0 Å². The molecule has 14 saturated heterocycles. The highest BCUT2D eigenvalue weighted by molar-refractivity contribution is 6.74. The molecule has 0 aromatic carbocycles. The molecule has 94 heavy (non-hydrogen) atoms. The molecule has 21 heteroatoms. The van der Waals surface area contributed by atoms with Gasteiger partial charge in [0, 0.05) is 77.0 Å². The van der Waals surface area contributed by atoms with Gasteiger partial charge in [-0.3, -0.25) is 0 Å². The number of hydrogen-bond acceptors (Lipinski definition) is 18. The van der Waals surface area contributed by atoms with Crippen molar-refractivity contribution in [3.05, 3.63) is 11.6 Å². The van der Waals surface area contributed by atoms with E-state index in [2.05, 4.69) is 89.2 Å². The summed E-state index contributed by atoms with van der Waals surface area (Å²) >= 11 is 0. The number of rotatable bonds is 18. The van der Waals surface area contributed by atoms with Crippen LogP contribution < -0.4 is 0 Å². The minimum atomic E-state index is -2.16. The quantitative estimate of drug-likeness (QED) is 0.101. The maximum atomic E-state index is 9.80. The molecular formula is C73H124O18Si3. The van der Waals surface area contributed by atoms with Crippen LogP contribution in [0.4, 0.5) is 0 Å². The topological polar surface area (TPSA) is 177 Å². The Morgan fingerprint density at radius 2 is 0.702 bits per heavy atom. The van der Waals surface area contributed by atoms with Crippen LogP contribution in [0.15, 0.2) is 11.6 Å². The predicted molar refractivity (Wildman–Crippen MR) is 362 cm³/mol. The monoisotopic (exact) mass is 1370 g/mol. The zero-order chi connectivity index (χ0) is 65.6. The Kier molecular flexibility index (Phi) is 21.6. The van der Waals surface area contributed by atoms with Crippen molar-refractivity contribution >= 4 is 25.0 Å². The van der Waals surface area contributed by atoms with Crippen LogP contribution in [-0.2, 0) is 79.6 Å². The lowest BCUT2D eigenvalue weighted by Crippen LogP contribution is -2.65. The average Bonchev–Trinajstić information content (AvgIpc) is 1.38. The number of aliphatic hydroxyl groups is 1. The standard InChI is InChI=1S/C73H124O18Si3/c1-14-92(15-2,16-3)89-47-30-51-49(75-43(47)11)33-60-45(77-51)25-27-68-72(12,87-60)39-66-58(83-68)32-53-54(82-66)31-52-55(79-53)34-61-46(78-52)26-28-69-73(13,88-61)40-67-59(84-69)36-63-71(86-67)65(91-94(20-7,21-8)22-9)38-57-56(81-63)35-62-70(85-57)64(90-93(17-4,18-5)19-6)37-50-48(80-62)29-44(76-50)24-23-42(10)41-74/h23,43-71,74H,14-22,24-41H2,1-13H3/b42-23+/t43-,44+,45+,46+,47+,48+,49+,50-,51-,52-,53-,54+,55+,56+,57-,58+,59+,60-,61-,62-,63-,64+,65+,66-,67-,68-,69-,70-,71-,72+,73+/m1/s1. The van der Waals surface area contributed by atoms with Gasteiger partial charge < -0.3 is 84.7 Å². The molecule has 0 amide bonds. The van der Waals surface area contributed by atoms with Gasteiger partial charge in [-0.2, -0.15) is 0 Å². The third-order valence-electron chi connectivity index (χ3n) is 27.4. The third-order valence-corrected chi connectivity index (χ3v) is 41.4. The lowest BCUT2D eigenvalue weighted by Gasteiger charge is -2.56. The zero-order valence-corrected chi connectivity index (χ0v) is 62.8. The molecule has 0 bridgehead atoms. The van der Waals surface area contributed by atoms with Crippen molar-refractivity contribution in [2.24, 2.45) is 0 Å². The first-order valence-electron chi connectivity index (χ1n) is 38.8. The maximum Gasteiger partial charge on any atom is 0.192 e. The highest BCUT2D eigenvalue weighted by Crippen LogP contribution is 2.53. The van der Waals surface area contributed by atoms with E-state index in [9.17, 15) is 5.11 Å². The van der Waals surface area contributed by atoms with Crippen LogP contribution in [0.1, 0.15) is 199 Å². The first-order valence-corrected chi connectivity index (χ1v) is 46.4. The van der Waals surface area contributed by atoms with E-state index in [1.165, 1.54) is 0 Å². The minimum Gasteiger partial charge on any atom is -0.411 e. The van der Waals surface area contributed by atoms with E-state index >= 15 is 0 Å². The second-order valence-corrected chi connectivity index (χ2v) is 46.7. The second kappa shape index (κ2) is 28.7. The Hall–Kier alpha value is -0.329. The summed E-state index contributed by atoms with van der Waals surface area (Å²) in [5.74, 6) is 0. The fourth-order valence-electron chi connectivity index (χ4n) is 20.8. The predicted octanol–water partition coefficient (Wildman–Crippen LogP) is 12.3. The molecule has 0 radical (unpaired) electrons. The molecule has 18 nitrogen and oxygen atoms in total. The highest BCUT2D eigenvalue weighted by Gasteiger charge is 2.63. The summed E-state index contributed by atoms with van der Waals surface area (Å²) in [6.45, 7) is 29.6. The van der Waals surface area contributed by atoms with E-state index < -0.39 is 36.2 Å². The molecule has 31 atom stereocenters. The maximum absolute atomic E-state index is 9.80. The van der Waals surface area contributed by atoms with Crippen molar-refractivity contribution in [1.82, 2.24) is 0 Å². The van der Waals surface area contributed by atoms with Crippen LogP contribution in [0, 0.1) is 0 Å². The summed E-state index contributed by atoms with van der Waals surface area (Å²) in [5, 5.41) is 9.80. The number of ether oxygens (including phenoxy) is 14. The molecule has 0 aromatic rings. The molecule has 0 unspecified atom stereocenters. The highest BCUT2D eigenvalue weighted by atomic mass is 28.4. The Bertz CT molecular complexity index is 2540. The zero-order valence-electron chi connectivity index (χ0n) is 59.8. The molecular weight excluding hydrogens is 1250 g/mol. The van der Waals surface area contributed by atoms with E-state index in [1.54, 1.807) is 0 Å². The molecule has 536 valence electrons. The van der Waals surface area contributed by atoms with E-state index in [0.717, 1.165) is 143 Å². The third kappa shape index (κ3) is 13.7. The van der Waals surface area contributed by atoms with Crippen LogP contribution in [-0.4, -0.2) is 225 Å². The smallest absolute Gasteiger partial charge is 0.192 e. The Labute approximate surface area is 566 Å². The van der Waals surface area contributed by atoms with Crippen LogP contribution >= 0.6 is 0 Å². The molecule has 0 aromatic heterocycles. The van der Waals surface area contributed by atoms with Crippen molar-refractivity contribution in [1.29, 1.82) is 0 Å². The SMILES string of the molecule is CC[Si](CC)(CC)O[C@H]1C[C@H]2O[C@@H](C/C=C(\C)CO)C[C@@H]2O[C@@H]2C[C@@H]3O[C@@H]4C[C@@H]5O[C@@H]6CC[C@@H]7O[C@@H]8C[C@@H]9O[C@@H]%10C[C@]%11(C)O[C@@H]%12C[C@@H]%13O[C@H](C)[C@@H](O[Si](CC)(CC)CC)C[C@H]%13O[C@H]%12CC[C@H]%11O[C@H]%10C[C@H]9O[C@H]8C[C@H]7O[C@@]6(C)C[C@H]5O[C@H]4[C@@H](O[Si](CC)(CC)CC)C[C@H]3O[C@@H]12. The fraction of sp³-hybridized carbons (Fsp3) is 0.973. The summed E-state index contributed by atoms with van der Waals surface area (Å²) in [7, 11) is -6.05. The van der Waals surface area contributed by atoms with E-state index in [-0.39, 0.29) is 184 Å². The molecule has 0 aliphatic carbocycles.